The van der Waals surface area contributed by atoms with Gasteiger partial charge >= 0.3 is 0 Å². The zero-order valence-electron chi connectivity index (χ0n) is 16.3. The van der Waals surface area contributed by atoms with Gasteiger partial charge in [0.2, 0.25) is 0 Å². The van der Waals surface area contributed by atoms with Crippen LogP contribution in [0.4, 0.5) is 5.82 Å². The lowest BCUT2D eigenvalue weighted by Crippen LogP contribution is -2.39. The normalized spacial score (nSPS) is 20.8. The molecule has 0 radical (unpaired) electrons. The predicted molar refractivity (Wildman–Crippen MR) is 109 cm³/mol. The second kappa shape index (κ2) is 7.43. The molecule has 6 heteroatoms. The summed E-state index contributed by atoms with van der Waals surface area (Å²) in [6.07, 6.45) is 8.99. The summed E-state index contributed by atoms with van der Waals surface area (Å²) in [4.78, 5) is 11.2. The van der Waals surface area contributed by atoms with Crippen molar-refractivity contribution in [1.29, 1.82) is 0 Å². The molecule has 1 atom stereocenters. The molecular weight excluding hydrogens is 352 g/mol. The molecule has 3 aromatic rings. The number of rotatable bonds is 4. The van der Waals surface area contributed by atoms with Crippen LogP contribution in [0, 0.1) is 6.92 Å². The summed E-state index contributed by atoms with van der Waals surface area (Å²) in [5, 5.41) is 1.20. The lowest BCUT2D eigenvalue weighted by Gasteiger charge is -2.33. The van der Waals surface area contributed by atoms with E-state index in [-0.39, 0.29) is 6.10 Å². The van der Waals surface area contributed by atoms with Crippen LogP contribution >= 0.6 is 0 Å². The molecule has 2 aromatic heterocycles. The minimum absolute atomic E-state index is 0.233. The van der Waals surface area contributed by atoms with E-state index in [0.717, 1.165) is 62.8 Å². The first kappa shape index (κ1) is 17.5. The lowest BCUT2D eigenvalue weighted by molar-refractivity contribution is 0.173. The van der Waals surface area contributed by atoms with Crippen LogP contribution in [0.1, 0.15) is 31.0 Å². The van der Waals surface area contributed by atoms with Crippen molar-refractivity contribution in [2.75, 3.05) is 31.2 Å². The maximum Gasteiger partial charge on any atom is 0.150 e. The fourth-order valence-corrected chi connectivity index (χ4v) is 4.40. The first-order chi connectivity index (χ1) is 13.8. The highest BCUT2D eigenvalue weighted by Crippen LogP contribution is 2.33. The van der Waals surface area contributed by atoms with Crippen molar-refractivity contribution >= 4 is 16.7 Å². The summed E-state index contributed by atoms with van der Waals surface area (Å²) in [6.45, 7) is 5.56. The molecule has 6 nitrogen and oxygen atoms in total. The molecule has 28 heavy (non-hydrogen) atoms. The Morgan fingerprint density at radius 1 is 1.07 bits per heavy atom. The molecule has 0 saturated carbocycles. The van der Waals surface area contributed by atoms with Gasteiger partial charge in [-0.15, -0.1) is 0 Å². The number of hydrogen-bond acceptors (Lipinski definition) is 5. The minimum atomic E-state index is 0.233. The van der Waals surface area contributed by atoms with E-state index < -0.39 is 0 Å². The summed E-state index contributed by atoms with van der Waals surface area (Å²) in [5.41, 5.74) is 2.23. The van der Waals surface area contributed by atoms with E-state index in [1.54, 1.807) is 12.4 Å². The number of hydrogen-bond donors (Lipinski definition) is 0. The molecule has 2 saturated heterocycles. The highest BCUT2D eigenvalue weighted by molar-refractivity contribution is 5.86. The second-order valence-corrected chi connectivity index (χ2v) is 7.70. The third-order valence-corrected chi connectivity index (χ3v) is 5.91. The van der Waals surface area contributed by atoms with Gasteiger partial charge in [0.05, 0.1) is 23.9 Å². The van der Waals surface area contributed by atoms with Gasteiger partial charge in [-0.25, -0.2) is 4.98 Å². The fraction of sp³-hybridized carbons (Fsp3) is 0.455. The van der Waals surface area contributed by atoms with Crippen LogP contribution in [0.3, 0.4) is 0 Å². The Morgan fingerprint density at radius 3 is 2.71 bits per heavy atom. The molecule has 146 valence electrons. The lowest BCUT2D eigenvalue weighted by atomic mass is 10.1. The summed E-state index contributed by atoms with van der Waals surface area (Å²) >= 11 is 0. The largest absolute Gasteiger partial charge is 0.490 e. The average Bonchev–Trinajstić information content (AvgIpc) is 3.39. The number of nitrogens with zero attached hydrogens (tertiary/aromatic N) is 4. The van der Waals surface area contributed by atoms with Gasteiger partial charge in [0.25, 0.3) is 0 Å². The van der Waals surface area contributed by atoms with E-state index in [9.17, 15) is 0 Å². The van der Waals surface area contributed by atoms with Gasteiger partial charge in [-0.3, -0.25) is 4.98 Å². The fourth-order valence-electron chi connectivity index (χ4n) is 4.40. The Hall–Kier alpha value is -2.60. The maximum atomic E-state index is 6.45. The minimum Gasteiger partial charge on any atom is -0.490 e. The molecule has 4 heterocycles. The van der Waals surface area contributed by atoms with Crippen molar-refractivity contribution in [2.24, 2.45) is 0 Å². The molecule has 0 N–H and O–H groups in total. The van der Waals surface area contributed by atoms with Crippen molar-refractivity contribution in [3.63, 3.8) is 0 Å². The van der Waals surface area contributed by atoms with Gasteiger partial charge in [0, 0.05) is 56.5 Å². The Morgan fingerprint density at radius 2 is 1.93 bits per heavy atom. The van der Waals surface area contributed by atoms with Crippen LogP contribution in [-0.2, 0) is 4.74 Å². The van der Waals surface area contributed by atoms with Crippen LogP contribution < -0.4 is 9.64 Å². The summed E-state index contributed by atoms with van der Waals surface area (Å²) in [5.74, 6) is 1.99. The van der Waals surface area contributed by atoms with Gasteiger partial charge in [-0.2, -0.15) is 0 Å². The molecule has 0 bridgehead atoms. The summed E-state index contributed by atoms with van der Waals surface area (Å²) in [6, 6.07) is 8.99. The van der Waals surface area contributed by atoms with Crippen LogP contribution in [0.2, 0.25) is 0 Å². The van der Waals surface area contributed by atoms with Crippen LogP contribution in [0.5, 0.6) is 5.75 Å². The highest BCUT2D eigenvalue weighted by atomic mass is 16.5. The molecule has 5 rings (SSSR count). The standard InChI is InChI=1S/C22H26N4O2/c1-16-22(24-10-9-23-16)25-11-5-18(6-12-25)28-21-4-2-3-20-19(21)7-13-26(20)17-8-14-27-15-17/h2-4,7,9-10,13,17-18H,5-6,8,11-12,14-15H2,1H3. The van der Waals surface area contributed by atoms with Crippen LogP contribution in [0.15, 0.2) is 42.9 Å². The number of anilines is 1. The number of piperidine rings is 1. The Labute approximate surface area is 165 Å². The Balaban J connectivity index is 1.29. The molecule has 0 amide bonds. The van der Waals surface area contributed by atoms with E-state index >= 15 is 0 Å². The number of fused-ring (bicyclic) bond motifs is 1. The highest BCUT2D eigenvalue weighted by Gasteiger charge is 2.24. The first-order valence-electron chi connectivity index (χ1n) is 10.2. The quantitative estimate of drug-likeness (QED) is 0.692. The second-order valence-electron chi connectivity index (χ2n) is 7.70. The van der Waals surface area contributed by atoms with Crippen molar-refractivity contribution in [3.8, 4) is 5.75 Å². The topological polar surface area (TPSA) is 52.4 Å². The molecule has 0 aliphatic carbocycles. The average molecular weight is 378 g/mol. The van der Waals surface area contributed by atoms with Gasteiger partial charge in [0.1, 0.15) is 17.7 Å². The third kappa shape index (κ3) is 3.22. The predicted octanol–water partition coefficient (Wildman–Crippen LogP) is 3.75. The number of ether oxygens (including phenoxy) is 2. The molecule has 0 spiro atoms. The van der Waals surface area contributed by atoms with Crippen molar-refractivity contribution in [2.45, 2.75) is 38.3 Å². The van der Waals surface area contributed by atoms with E-state index in [0.29, 0.717) is 6.04 Å². The zero-order chi connectivity index (χ0) is 18.9. The molecular formula is C22H26N4O2. The molecule has 2 fully saturated rings. The van der Waals surface area contributed by atoms with Gasteiger partial charge in [-0.1, -0.05) is 6.07 Å². The smallest absolute Gasteiger partial charge is 0.150 e. The first-order valence-corrected chi connectivity index (χ1v) is 10.2. The van der Waals surface area contributed by atoms with Crippen LogP contribution in [0.25, 0.3) is 10.9 Å². The van der Waals surface area contributed by atoms with E-state index in [1.165, 1.54) is 10.9 Å². The van der Waals surface area contributed by atoms with Gasteiger partial charge in [0.15, 0.2) is 0 Å². The van der Waals surface area contributed by atoms with Gasteiger partial charge < -0.3 is 18.9 Å². The molecule has 2 aliphatic rings. The molecule has 2 aliphatic heterocycles. The van der Waals surface area contributed by atoms with E-state index in [2.05, 4.69) is 49.9 Å². The van der Waals surface area contributed by atoms with Gasteiger partial charge in [-0.05, 0) is 31.5 Å². The number of aromatic nitrogens is 3. The molecule has 1 aromatic carbocycles. The Kier molecular flexibility index (Phi) is 4.64. The van der Waals surface area contributed by atoms with Crippen molar-refractivity contribution in [3.05, 3.63) is 48.5 Å². The summed E-state index contributed by atoms with van der Waals surface area (Å²) < 4.78 is 14.4. The van der Waals surface area contributed by atoms with E-state index in [1.807, 2.05) is 6.92 Å². The monoisotopic (exact) mass is 378 g/mol. The van der Waals surface area contributed by atoms with Crippen molar-refractivity contribution < 1.29 is 9.47 Å². The Bertz CT molecular complexity index is 956. The zero-order valence-corrected chi connectivity index (χ0v) is 16.3. The number of aryl methyl sites for hydroxylation is 1. The SMILES string of the molecule is Cc1nccnc1N1CCC(Oc2cccc3c2ccn3C2CCOC2)CC1. The van der Waals surface area contributed by atoms with Crippen LogP contribution in [-0.4, -0.2) is 46.9 Å². The summed E-state index contributed by atoms with van der Waals surface area (Å²) in [7, 11) is 0. The van der Waals surface area contributed by atoms with Crippen molar-refractivity contribution in [1.82, 2.24) is 14.5 Å². The molecule has 1 unspecified atom stereocenters. The maximum absolute atomic E-state index is 6.45. The number of benzene rings is 1. The third-order valence-electron chi connectivity index (χ3n) is 5.91. The van der Waals surface area contributed by atoms with E-state index in [4.69, 9.17) is 9.47 Å².